The first-order chi connectivity index (χ1) is 12.5. The summed E-state index contributed by atoms with van der Waals surface area (Å²) in [5.74, 6) is 0.418. The van der Waals surface area contributed by atoms with Gasteiger partial charge in [0.1, 0.15) is 12.4 Å². The van der Waals surface area contributed by atoms with Crippen molar-refractivity contribution in [1.82, 2.24) is 14.9 Å². The molecule has 1 atom stereocenters. The number of carbonyl (C=O) groups is 1. The third-order valence-electron chi connectivity index (χ3n) is 4.46. The van der Waals surface area contributed by atoms with Gasteiger partial charge in [-0.15, -0.1) is 0 Å². The van der Waals surface area contributed by atoms with Crippen LogP contribution in [0, 0.1) is 5.82 Å². The van der Waals surface area contributed by atoms with Gasteiger partial charge in [-0.3, -0.25) is 4.79 Å². The number of hydrogen-bond acceptors (Lipinski definition) is 4. The highest BCUT2D eigenvalue weighted by atomic mass is 35.5. The first-order valence-electron chi connectivity index (χ1n) is 8.58. The van der Waals surface area contributed by atoms with Gasteiger partial charge in [0, 0.05) is 38.6 Å². The van der Waals surface area contributed by atoms with Crippen LogP contribution < -0.4 is 9.80 Å². The molecule has 0 radical (unpaired) electrons. The van der Waals surface area contributed by atoms with Gasteiger partial charge in [-0.2, -0.15) is 0 Å². The lowest BCUT2D eigenvalue weighted by Crippen LogP contribution is -3.09. The van der Waals surface area contributed by atoms with Gasteiger partial charge in [0.15, 0.2) is 6.54 Å². The summed E-state index contributed by atoms with van der Waals surface area (Å²) in [5, 5.41) is 0.397. The Balaban J connectivity index is 1.51. The summed E-state index contributed by atoms with van der Waals surface area (Å²) in [4.78, 5) is 25.8. The lowest BCUT2D eigenvalue weighted by molar-refractivity contribution is -0.885. The van der Waals surface area contributed by atoms with E-state index in [0.717, 1.165) is 4.90 Å². The number of piperazine rings is 1. The normalized spacial score (nSPS) is 15.8. The minimum absolute atomic E-state index is 0.0589. The van der Waals surface area contributed by atoms with Gasteiger partial charge in [0.25, 0.3) is 5.91 Å². The highest BCUT2D eigenvalue weighted by Gasteiger charge is 2.25. The fraction of sp³-hybridized carbons (Fsp3) is 0.389. The molecule has 1 aliphatic rings. The first kappa shape index (κ1) is 18.5. The highest BCUT2D eigenvalue weighted by molar-refractivity contribution is 6.31. The van der Waals surface area contributed by atoms with Crippen LogP contribution in [0.2, 0.25) is 5.02 Å². The largest absolute Gasteiger partial charge is 0.337 e. The Morgan fingerprint density at radius 2 is 1.88 bits per heavy atom. The van der Waals surface area contributed by atoms with Crippen molar-refractivity contribution < 1.29 is 14.1 Å². The van der Waals surface area contributed by atoms with Crippen LogP contribution in [-0.4, -0.2) is 60.5 Å². The molecule has 1 aliphatic heterocycles. The molecule has 1 unspecified atom stereocenters. The number of amides is 1. The van der Waals surface area contributed by atoms with Crippen molar-refractivity contribution in [2.45, 2.75) is 6.54 Å². The van der Waals surface area contributed by atoms with Gasteiger partial charge >= 0.3 is 0 Å². The molecule has 0 saturated carbocycles. The molecule has 26 heavy (non-hydrogen) atoms. The molecule has 2 aromatic rings. The standard InChI is InChI=1S/C18H21ClFN5O/c1-23(12-14-15(19)4-2-5-16(14)20)13-17(26)24-8-10-25(11-9-24)18-21-6-3-7-22-18/h2-7H,8-13H2,1H3/p+1. The predicted molar refractivity (Wildman–Crippen MR) is 97.7 cm³/mol. The van der Waals surface area contributed by atoms with Crippen molar-refractivity contribution in [3.8, 4) is 0 Å². The molecule has 138 valence electrons. The average molecular weight is 379 g/mol. The molecular formula is C18H22ClFN5O+. The van der Waals surface area contributed by atoms with Crippen molar-refractivity contribution in [3.05, 3.63) is 53.1 Å². The van der Waals surface area contributed by atoms with E-state index in [1.807, 2.05) is 11.9 Å². The van der Waals surface area contributed by atoms with Crippen molar-refractivity contribution in [1.29, 1.82) is 0 Å². The van der Waals surface area contributed by atoms with E-state index in [-0.39, 0.29) is 11.7 Å². The van der Waals surface area contributed by atoms with E-state index in [4.69, 9.17) is 11.6 Å². The molecule has 6 nitrogen and oxygen atoms in total. The fourth-order valence-corrected chi connectivity index (χ4v) is 3.28. The first-order valence-corrected chi connectivity index (χ1v) is 8.96. The third-order valence-corrected chi connectivity index (χ3v) is 4.81. The molecule has 3 rings (SSSR count). The summed E-state index contributed by atoms with van der Waals surface area (Å²) in [5.41, 5.74) is 0.450. The summed E-state index contributed by atoms with van der Waals surface area (Å²) in [6.45, 7) is 3.33. The molecular weight excluding hydrogens is 357 g/mol. The summed E-state index contributed by atoms with van der Waals surface area (Å²) in [7, 11) is 1.87. The molecule has 8 heteroatoms. The number of anilines is 1. The number of hydrogen-bond donors (Lipinski definition) is 1. The molecule has 2 heterocycles. The van der Waals surface area contributed by atoms with E-state index in [0.29, 0.717) is 55.8 Å². The summed E-state index contributed by atoms with van der Waals surface area (Å²) in [6.07, 6.45) is 3.43. The molecule has 1 aromatic heterocycles. The summed E-state index contributed by atoms with van der Waals surface area (Å²) in [6, 6.07) is 6.42. The van der Waals surface area contributed by atoms with Crippen molar-refractivity contribution in [3.63, 3.8) is 0 Å². The second-order valence-corrected chi connectivity index (χ2v) is 6.83. The van der Waals surface area contributed by atoms with Crippen molar-refractivity contribution in [2.24, 2.45) is 0 Å². The number of halogens is 2. The fourth-order valence-electron chi connectivity index (χ4n) is 3.05. The highest BCUT2D eigenvalue weighted by Crippen LogP contribution is 2.17. The predicted octanol–water partition coefficient (Wildman–Crippen LogP) is 0.633. The van der Waals surface area contributed by atoms with Crippen molar-refractivity contribution in [2.75, 3.05) is 44.7 Å². The van der Waals surface area contributed by atoms with Crippen LogP contribution in [0.5, 0.6) is 0 Å². The van der Waals surface area contributed by atoms with Gasteiger partial charge in [-0.05, 0) is 18.2 Å². The Labute approximate surface area is 157 Å². The molecule has 1 amide bonds. The number of aromatic nitrogens is 2. The van der Waals surface area contributed by atoms with Gasteiger partial charge in [0.05, 0.1) is 17.6 Å². The zero-order chi connectivity index (χ0) is 18.5. The maximum absolute atomic E-state index is 13.9. The summed E-state index contributed by atoms with van der Waals surface area (Å²) >= 11 is 6.07. The number of rotatable bonds is 5. The maximum Gasteiger partial charge on any atom is 0.277 e. The zero-order valence-corrected chi connectivity index (χ0v) is 15.4. The van der Waals surface area contributed by atoms with E-state index in [2.05, 4.69) is 14.9 Å². The number of benzene rings is 1. The maximum atomic E-state index is 13.9. The number of nitrogens with zero attached hydrogens (tertiary/aromatic N) is 4. The topological polar surface area (TPSA) is 53.8 Å². The van der Waals surface area contributed by atoms with Gasteiger partial charge < -0.3 is 14.7 Å². The minimum Gasteiger partial charge on any atom is -0.337 e. The molecule has 0 spiro atoms. The molecule has 0 bridgehead atoms. The number of likely N-dealkylation sites (N-methyl/N-ethyl adjacent to an activating group) is 1. The SMILES string of the molecule is C[NH+](CC(=O)N1CCN(c2ncccn2)CC1)Cc1c(F)cccc1Cl. The Bertz CT molecular complexity index is 732. The van der Waals surface area contributed by atoms with E-state index in [9.17, 15) is 9.18 Å². The summed E-state index contributed by atoms with van der Waals surface area (Å²) < 4.78 is 13.9. The lowest BCUT2D eigenvalue weighted by Gasteiger charge is -2.34. The third kappa shape index (κ3) is 4.47. The smallest absolute Gasteiger partial charge is 0.277 e. The second-order valence-electron chi connectivity index (χ2n) is 6.43. The van der Waals surface area contributed by atoms with Crippen LogP contribution in [0.25, 0.3) is 0 Å². The number of nitrogens with one attached hydrogen (secondary N) is 1. The minimum atomic E-state index is -0.333. The Morgan fingerprint density at radius 3 is 2.54 bits per heavy atom. The quantitative estimate of drug-likeness (QED) is 0.829. The van der Waals surface area contributed by atoms with Crippen molar-refractivity contribution >= 4 is 23.5 Å². The molecule has 1 fully saturated rings. The van der Waals surface area contributed by atoms with E-state index in [1.54, 1.807) is 30.6 Å². The monoisotopic (exact) mass is 378 g/mol. The Hall–Kier alpha value is -2.25. The second kappa shape index (κ2) is 8.42. The number of carbonyl (C=O) groups excluding carboxylic acids is 1. The average Bonchev–Trinajstić information content (AvgIpc) is 2.66. The lowest BCUT2D eigenvalue weighted by atomic mass is 10.2. The van der Waals surface area contributed by atoms with Crippen LogP contribution in [0.4, 0.5) is 10.3 Å². The van der Waals surface area contributed by atoms with Crippen LogP contribution in [-0.2, 0) is 11.3 Å². The molecule has 0 aliphatic carbocycles. The van der Waals surface area contributed by atoms with Gasteiger partial charge in [-0.1, -0.05) is 17.7 Å². The van der Waals surface area contributed by atoms with Crippen LogP contribution >= 0.6 is 11.6 Å². The molecule has 1 N–H and O–H groups in total. The molecule has 1 saturated heterocycles. The number of quaternary nitrogens is 1. The van der Waals surface area contributed by atoms with Crippen LogP contribution in [0.1, 0.15) is 5.56 Å². The van der Waals surface area contributed by atoms with E-state index < -0.39 is 0 Å². The van der Waals surface area contributed by atoms with Gasteiger partial charge in [-0.25, -0.2) is 14.4 Å². The van der Waals surface area contributed by atoms with Crippen LogP contribution in [0.15, 0.2) is 36.7 Å². The zero-order valence-electron chi connectivity index (χ0n) is 14.7. The van der Waals surface area contributed by atoms with E-state index in [1.165, 1.54) is 6.07 Å². The Morgan fingerprint density at radius 1 is 1.19 bits per heavy atom. The van der Waals surface area contributed by atoms with Crippen LogP contribution in [0.3, 0.4) is 0 Å². The molecule has 1 aromatic carbocycles. The van der Waals surface area contributed by atoms with E-state index >= 15 is 0 Å². The van der Waals surface area contributed by atoms with Gasteiger partial charge in [0.2, 0.25) is 5.95 Å². The Kier molecular flexibility index (Phi) is 6.00.